The van der Waals surface area contributed by atoms with Crippen molar-refractivity contribution in [2.45, 2.75) is 32.4 Å². The summed E-state index contributed by atoms with van der Waals surface area (Å²) >= 11 is 3.47. The first-order chi connectivity index (χ1) is 7.57. The lowest BCUT2D eigenvalue weighted by atomic mass is 10.0. The zero-order chi connectivity index (χ0) is 12.0. The molecule has 1 aromatic carbocycles. The Balaban J connectivity index is 2.53. The molecule has 3 heteroatoms. The van der Waals surface area contributed by atoms with E-state index in [2.05, 4.69) is 47.2 Å². The molecule has 2 nitrogen and oxygen atoms in total. The van der Waals surface area contributed by atoms with E-state index in [0.717, 1.165) is 24.0 Å². The van der Waals surface area contributed by atoms with Gasteiger partial charge in [0.1, 0.15) is 5.75 Å². The van der Waals surface area contributed by atoms with E-state index in [1.807, 2.05) is 12.1 Å². The van der Waals surface area contributed by atoms with Crippen molar-refractivity contribution >= 4 is 15.9 Å². The molecule has 1 rings (SSSR count). The zero-order valence-electron chi connectivity index (χ0n) is 10.2. The van der Waals surface area contributed by atoms with Crippen LogP contribution in [-0.4, -0.2) is 18.0 Å². The topological polar surface area (TPSA) is 21.3 Å². The second kappa shape index (κ2) is 6.26. The fraction of sp³-hybridized carbons (Fsp3) is 0.538. The lowest BCUT2D eigenvalue weighted by molar-refractivity contribution is 0.376. The van der Waals surface area contributed by atoms with Crippen LogP contribution in [0.5, 0.6) is 5.75 Å². The van der Waals surface area contributed by atoms with Gasteiger partial charge in [-0.1, -0.05) is 28.1 Å². The maximum absolute atomic E-state index is 5.20. The van der Waals surface area contributed by atoms with Crippen LogP contribution in [0.4, 0.5) is 0 Å². The SMILES string of the molecule is COc1cccc(CNC(C)(C)CCBr)c1. The van der Waals surface area contributed by atoms with Crippen LogP contribution >= 0.6 is 15.9 Å². The molecule has 16 heavy (non-hydrogen) atoms. The Bertz CT molecular complexity index is 325. The van der Waals surface area contributed by atoms with E-state index in [1.165, 1.54) is 5.56 Å². The van der Waals surface area contributed by atoms with Crippen LogP contribution in [0.3, 0.4) is 0 Å². The van der Waals surface area contributed by atoms with Gasteiger partial charge in [0.25, 0.3) is 0 Å². The fourth-order valence-electron chi connectivity index (χ4n) is 1.45. The summed E-state index contributed by atoms with van der Waals surface area (Å²) in [5.41, 5.74) is 1.41. The predicted octanol–water partition coefficient (Wildman–Crippen LogP) is 3.35. The van der Waals surface area contributed by atoms with Crippen LogP contribution < -0.4 is 10.1 Å². The normalized spacial score (nSPS) is 11.5. The van der Waals surface area contributed by atoms with E-state index in [4.69, 9.17) is 4.74 Å². The van der Waals surface area contributed by atoms with Crippen molar-refractivity contribution in [1.29, 1.82) is 0 Å². The Morgan fingerprint density at radius 1 is 1.38 bits per heavy atom. The second-order valence-electron chi connectivity index (χ2n) is 4.53. The van der Waals surface area contributed by atoms with Gasteiger partial charge in [-0.15, -0.1) is 0 Å². The van der Waals surface area contributed by atoms with Crippen LogP contribution in [0.1, 0.15) is 25.8 Å². The van der Waals surface area contributed by atoms with Crippen LogP contribution in [0, 0.1) is 0 Å². The summed E-state index contributed by atoms with van der Waals surface area (Å²) in [5, 5.41) is 4.56. The highest BCUT2D eigenvalue weighted by Gasteiger charge is 2.15. The van der Waals surface area contributed by atoms with E-state index in [1.54, 1.807) is 7.11 Å². The number of methoxy groups -OCH3 is 1. The molecule has 0 aliphatic heterocycles. The number of alkyl halides is 1. The van der Waals surface area contributed by atoms with E-state index in [-0.39, 0.29) is 5.54 Å². The Labute approximate surface area is 107 Å². The minimum Gasteiger partial charge on any atom is -0.497 e. The summed E-state index contributed by atoms with van der Waals surface area (Å²) in [6.07, 6.45) is 1.11. The quantitative estimate of drug-likeness (QED) is 0.810. The lowest BCUT2D eigenvalue weighted by Gasteiger charge is -2.25. The standard InChI is InChI=1S/C13H20BrNO/c1-13(2,7-8-14)15-10-11-5-4-6-12(9-11)16-3/h4-6,9,15H,7-8,10H2,1-3H3. The van der Waals surface area contributed by atoms with Crippen molar-refractivity contribution in [2.24, 2.45) is 0 Å². The molecule has 0 saturated carbocycles. The highest BCUT2D eigenvalue weighted by atomic mass is 79.9. The maximum atomic E-state index is 5.20. The summed E-state index contributed by atoms with van der Waals surface area (Å²) < 4.78 is 5.20. The molecule has 0 fully saturated rings. The first kappa shape index (κ1) is 13.5. The zero-order valence-corrected chi connectivity index (χ0v) is 11.8. The average Bonchev–Trinajstić information content (AvgIpc) is 2.27. The van der Waals surface area contributed by atoms with Gasteiger partial charge in [0.15, 0.2) is 0 Å². The molecule has 0 atom stereocenters. The molecule has 0 heterocycles. The molecule has 1 aromatic rings. The number of hydrogen-bond acceptors (Lipinski definition) is 2. The number of ether oxygens (including phenoxy) is 1. The van der Waals surface area contributed by atoms with Crippen LogP contribution in [0.2, 0.25) is 0 Å². The van der Waals surface area contributed by atoms with Crippen molar-refractivity contribution in [2.75, 3.05) is 12.4 Å². The first-order valence-electron chi connectivity index (χ1n) is 5.51. The van der Waals surface area contributed by atoms with Gasteiger partial charge in [-0.3, -0.25) is 0 Å². The Morgan fingerprint density at radius 2 is 2.12 bits per heavy atom. The molecular formula is C13H20BrNO. The summed E-state index contributed by atoms with van der Waals surface area (Å²) in [6, 6.07) is 8.16. The highest BCUT2D eigenvalue weighted by Crippen LogP contribution is 2.15. The monoisotopic (exact) mass is 285 g/mol. The van der Waals surface area contributed by atoms with Crippen molar-refractivity contribution < 1.29 is 4.74 Å². The molecule has 0 aliphatic rings. The van der Waals surface area contributed by atoms with Gasteiger partial charge in [0, 0.05) is 17.4 Å². The van der Waals surface area contributed by atoms with Gasteiger partial charge in [-0.25, -0.2) is 0 Å². The Morgan fingerprint density at radius 3 is 2.75 bits per heavy atom. The Kier molecular flexibility index (Phi) is 5.29. The first-order valence-corrected chi connectivity index (χ1v) is 6.63. The lowest BCUT2D eigenvalue weighted by Crippen LogP contribution is -2.38. The number of rotatable bonds is 6. The van der Waals surface area contributed by atoms with Gasteiger partial charge >= 0.3 is 0 Å². The number of halogens is 1. The van der Waals surface area contributed by atoms with Crippen molar-refractivity contribution in [3.8, 4) is 5.75 Å². The predicted molar refractivity (Wildman–Crippen MR) is 72.3 cm³/mol. The molecule has 0 unspecified atom stereocenters. The molecule has 0 spiro atoms. The molecule has 0 aliphatic carbocycles. The highest BCUT2D eigenvalue weighted by molar-refractivity contribution is 9.09. The minimum atomic E-state index is 0.159. The minimum absolute atomic E-state index is 0.159. The van der Waals surface area contributed by atoms with E-state index in [0.29, 0.717) is 0 Å². The maximum Gasteiger partial charge on any atom is 0.119 e. The number of nitrogens with one attached hydrogen (secondary N) is 1. The largest absolute Gasteiger partial charge is 0.497 e. The average molecular weight is 286 g/mol. The Hall–Kier alpha value is -0.540. The van der Waals surface area contributed by atoms with Crippen LogP contribution in [-0.2, 0) is 6.54 Å². The summed E-state index contributed by atoms with van der Waals surface area (Å²) in [5.74, 6) is 0.914. The summed E-state index contributed by atoms with van der Waals surface area (Å²) in [4.78, 5) is 0. The summed E-state index contributed by atoms with van der Waals surface area (Å²) in [6.45, 7) is 5.31. The third kappa shape index (κ3) is 4.54. The number of hydrogen-bond donors (Lipinski definition) is 1. The van der Waals surface area contributed by atoms with Gasteiger partial charge < -0.3 is 10.1 Å². The van der Waals surface area contributed by atoms with Crippen molar-refractivity contribution in [3.05, 3.63) is 29.8 Å². The van der Waals surface area contributed by atoms with Gasteiger partial charge in [0.05, 0.1) is 7.11 Å². The molecular weight excluding hydrogens is 266 g/mol. The van der Waals surface area contributed by atoms with Crippen LogP contribution in [0.15, 0.2) is 24.3 Å². The fourth-order valence-corrected chi connectivity index (χ4v) is 2.44. The van der Waals surface area contributed by atoms with E-state index >= 15 is 0 Å². The second-order valence-corrected chi connectivity index (χ2v) is 5.32. The molecule has 0 bridgehead atoms. The van der Waals surface area contributed by atoms with Crippen LogP contribution in [0.25, 0.3) is 0 Å². The third-order valence-corrected chi connectivity index (χ3v) is 3.02. The molecule has 0 amide bonds. The molecule has 0 saturated heterocycles. The van der Waals surface area contributed by atoms with Gasteiger partial charge in [-0.2, -0.15) is 0 Å². The van der Waals surface area contributed by atoms with E-state index in [9.17, 15) is 0 Å². The number of benzene rings is 1. The third-order valence-electron chi connectivity index (χ3n) is 2.62. The van der Waals surface area contributed by atoms with Gasteiger partial charge in [-0.05, 0) is 38.0 Å². The van der Waals surface area contributed by atoms with Crippen molar-refractivity contribution in [1.82, 2.24) is 5.32 Å². The van der Waals surface area contributed by atoms with Crippen molar-refractivity contribution in [3.63, 3.8) is 0 Å². The van der Waals surface area contributed by atoms with E-state index < -0.39 is 0 Å². The van der Waals surface area contributed by atoms with Gasteiger partial charge in [0.2, 0.25) is 0 Å². The molecule has 0 aromatic heterocycles. The molecule has 90 valence electrons. The summed E-state index contributed by atoms with van der Waals surface area (Å²) in [7, 11) is 1.70. The molecule has 1 N–H and O–H groups in total. The smallest absolute Gasteiger partial charge is 0.119 e. The molecule has 0 radical (unpaired) electrons.